The minimum atomic E-state index is -1.37. The van der Waals surface area contributed by atoms with Gasteiger partial charge in [0.1, 0.15) is 12.4 Å². The molecule has 1 heterocycles. The van der Waals surface area contributed by atoms with Gasteiger partial charge >= 0.3 is 5.97 Å². The van der Waals surface area contributed by atoms with Crippen LogP contribution in [0.2, 0.25) is 0 Å². The maximum absolute atomic E-state index is 13.6. The third-order valence-electron chi connectivity index (χ3n) is 2.52. The number of hydrogen-bond donors (Lipinski definition) is 1. The van der Waals surface area contributed by atoms with Crippen LogP contribution >= 0.6 is 0 Å². The zero-order chi connectivity index (χ0) is 13.0. The van der Waals surface area contributed by atoms with Crippen molar-refractivity contribution in [3.05, 3.63) is 35.9 Å². The van der Waals surface area contributed by atoms with Gasteiger partial charge in [0.15, 0.2) is 5.67 Å². The van der Waals surface area contributed by atoms with Crippen molar-refractivity contribution >= 4 is 12.0 Å². The van der Waals surface area contributed by atoms with Gasteiger partial charge < -0.3 is 14.6 Å². The predicted molar refractivity (Wildman–Crippen MR) is 63.3 cm³/mol. The van der Waals surface area contributed by atoms with Gasteiger partial charge in [-0.15, -0.1) is 0 Å². The number of aliphatic carboxylic acids is 1. The standard InChI is InChI=1S/C13H13FO4/c14-13(7-17-8-13)9-18-11-4-1-10(2-5-11)3-6-12(15)16/h1-6H,7-9H2,(H,15,16)/b6-3+. The molecule has 1 aliphatic rings. The van der Waals surface area contributed by atoms with Crippen molar-refractivity contribution in [2.24, 2.45) is 0 Å². The quantitative estimate of drug-likeness (QED) is 0.813. The van der Waals surface area contributed by atoms with Crippen molar-refractivity contribution in [1.82, 2.24) is 0 Å². The lowest BCUT2D eigenvalue weighted by atomic mass is 10.1. The lowest BCUT2D eigenvalue weighted by Gasteiger charge is -2.33. The topological polar surface area (TPSA) is 55.8 Å². The molecule has 5 heteroatoms. The largest absolute Gasteiger partial charge is 0.490 e. The Bertz CT molecular complexity index is 449. The molecule has 0 saturated carbocycles. The van der Waals surface area contributed by atoms with Crippen molar-refractivity contribution in [1.29, 1.82) is 0 Å². The van der Waals surface area contributed by atoms with Crippen LogP contribution in [-0.2, 0) is 9.53 Å². The van der Waals surface area contributed by atoms with Gasteiger partial charge in [0.05, 0.1) is 13.2 Å². The first-order valence-corrected chi connectivity index (χ1v) is 5.48. The van der Waals surface area contributed by atoms with E-state index in [0.29, 0.717) is 5.75 Å². The van der Waals surface area contributed by atoms with Crippen LogP contribution in [0.15, 0.2) is 30.3 Å². The number of alkyl halides is 1. The summed E-state index contributed by atoms with van der Waals surface area (Å²) in [5, 5.41) is 8.47. The predicted octanol–water partition coefficient (Wildman–Crippen LogP) is 1.90. The summed E-state index contributed by atoms with van der Waals surface area (Å²) in [5.74, 6) is -0.453. The van der Waals surface area contributed by atoms with E-state index in [4.69, 9.17) is 14.6 Å². The number of carboxylic acid groups (broad SMARTS) is 1. The number of carboxylic acids is 1. The van der Waals surface area contributed by atoms with Gasteiger partial charge in [-0.1, -0.05) is 12.1 Å². The Labute approximate surface area is 104 Å². The van der Waals surface area contributed by atoms with Gasteiger partial charge in [0.2, 0.25) is 0 Å². The minimum absolute atomic E-state index is 0.0304. The van der Waals surface area contributed by atoms with Crippen LogP contribution in [0.3, 0.4) is 0 Å². The van der Waals surface area contributed by atoms with Gasteiger partial charge in [0, 0.05) is 6.08 Å². The van der Waals surface area contributed by atoms with Gasteiger partial charge in [-0.3, -0.25) is 0 Å². The van der Waals surface area contributed by atoms with E-state index in [-0.39, 0.29) is 19.8 Å². The van der Waals surface area contributed by atoms with E-state index >= 15 is 0 Å². The first-order chi connectivity index (χ1) is 8.57. The van der Waals surface area contributed by atoms with E-state index < -0.39 is 11.6 Å². The molecular weight excluding hydrogens is 239 g/mol. The fourth-order valence-electron chi connectivity index (χ4n) is 1.46. The summed E-state index contributed by atoms with van der Waals surface area (Å²) in [5.41, 5.74) is -0.631. The molecule has 0 radical (unpaired) electrons. The Balaban J connectivity index is 1.89. The van der Waals surface area contributed by atoms with E-state index in [1.54, 1.807) is 24.3 Å². The molecule has 96 valence electrons. The molecule has 0 bridgehead atoms. The smallest absolute Gasteiger partial charge is 0.328 e. The highest BCUT2D eigenvalue weighted by Gasteiger charge is 2.39. The van der Waals surface area contributed by atoms with E-state index in [2.05, 4.69) is 0 Å². The second-order valence-corrected chi connectivity index (χ2v) is 4.17. The molecule has 1 aliphatic heterocycles. The molecule has 1 aromatic rings. The molecule has 0 aliphatic carbocycles. The SMILES string of the molecule is O=C(O)/C=C/c1ccc(OCC2(F)COC2)cc1. The third-order valence-corrected chi connectivity index (χ3v) is 2.52. The maximum Gasteiger partial charge on any atom is 0.328 e. The Morgan fingerprint density at radius 2 is 2.11 bits per heavy atom. The summed E-state index contributed by atoms with van der Waals surface area (Å²) >= 11 is 0. The summed E-state index contributed by atoms with van der Waals surface area (Å²) < 4.78 is 23.6. The summed E-state index contributed by atoms with van der Waals surface area (Å²) in [6.07, 6.45) is 2.53. The van der Waals surface area contributed by atoms with Crippen LogP contribution in [-0.4, -0.2) is 36.6 Å². The van der Waals surface area contributed by atoms with Crippen LogP contribution in [0.5, 0.6) is 5.75 Å². The van der Waals surface area contributed by atoms with Crippen molar-refractivity contribution in [3.63, 3.8) is 0 Å². The van der Waals surface area contributed by atoms with Crippen molar-refractivity contribution in [2.75, 3.05) is 19.8 Å². The molecule has 0 aromatic heterocycles. The number of hydrogen-bond acceptors (Lipinski definition) is 3. The average Bonchev–Trinajstić information content (AvgIpc) is 2.33. The number of rotatable bonds is 5. The van der Waals surface area contributed by atoms with Gasteiger partial charge in [0.25, 0.3) is 0 Å². The molecule has 2 rings (SSSR count). The lowest BCUT2D eigenvalue weighted by Crippen LogP contribution is -2.50. The zero-order valence-electron chi connectivity index (χ0n) is 9.64. The fourth-order valence-corrected chi connectivity index (χ4v) is 1.46. The highest BCUT2D eigenvalue weighted by Crippen LogP contribution is 2.23. The molecule has 0 amide bonds. The van der Waals surface area contributed by atoms with E-state index in [9.17, 15) is 9.18 Å². The zero-order valence-corrected chi connectivity index (χ0v) is 9.64. The van der Waals surface area contributed by atoms with Crippen LogP contribution < -0.4 is 4.74 Å². The molecule has 1 fully saturated rings. The monoisotopic (exact) mass is 252 g/mol. The summed E-state index contributed by atoms with van der Waals surface area (Å²) in [4.78, 5) is 10.3. The van der Waals surface area contributed by atoms with Gasteiger partial charge in [-0.05, 0) is 23.8 Å². The summed E-state index contributed by atoms with van der Waals surface area (Å²) in [7, 11) is 0. The molecule has 4 nitrogen and oxygen atoms in total. The molecular formula is C13H13FO4. The maximum atomic E-state index is 13.6. The van der Waals surface area contributed by atoms with E-state index in [0.717, 1.165) is 11.6 Å². The van der Waals surface area contributed by atoms with Crippen molar-refractivity contribution in [2.45, 2.75) is 5.67 Å². The molecule has 0 unspecified atom stereocenters. The number of ether oxygens (including phenoxy) is 2. The van der Waals surface area contributed by atoms with Crippen LogP contribution in [0, 0.1) is 0 Å². The fraction of sp³-hybridized carbons (Fsp3) is 0.308. The normalized spacial score (nSPS) is 17.4. The molecule has 18 heavy (non-hydrogen) atoms. The highest BCUT2D eigenvalue weighted by atomic mass is 19.1. The van der Waals surface area contributed by atoms with Crippen molar-refractivity contribution in [3.8, 4) is 5.75 Å². The van der Waals surface area contributed by atoms with Gasteiger partial charge in [-0.25, -0.2) is 9.18 Å². The Morgan fingerprint density at radius 3 is 2.61 bits per heavy atom. The molecule has 0 atom stereocenters. The number of carbonyl (C=O) groups is 1. The second-order valence-electron chi connectivity index (χ2n) is 4.17. The molecule has 0 spiro atoms. The van der Waals surface area contributed by atoms with Crippen molar-refractivity contribution < 1.29 is 23.8 Å². The molecule has 1 saturated heterocycles. The Kier molecular flexibility index (Phi) is 3.62. The average molecular weight is 252 g/mol. The van der Waals surface area contributed by atoms with Crippen LogP contribution in [0.25, 0.3) is 6.08 Å². The first-order valence-electron chi connectivity index (χ1n) is 5.48. The lowest BCUT2D eigenvalue weighted by molar-refractivity contribution is -0.146. The number of benzene rings is 1. The van der Waals surface area contributed by atoms with Crippen LogP contribution in [0.1, 0.15) is 5.56 Å². The number of halogens is 1. The van der Waals surface area contributed by atoms with E-state index in [1.165, 1.54) is 6.08 Å². The van der Waals surface area contributed by atoms with Gasteiger partial charge in [-0.2, -0.15) is 0 Å². The highest BCUT2D eigenvalue weighted by molar-refractivity contribution is 5.85. The minimum Gasteiger partial charge on any atom is -0.490 e. The van der Waals surface area contributed by atoms with Crippen LogP contribution in [0.4, 0.5) is 4.39 Å². The summed E-state index contributed by atoms with van der Waals surface area (Å²) in [6.45, 7) is 0.121. The first kappa shape index (κ1) is 12.6. The summed E-state index contributed by atoms with van der Waals surface area (Å²) in [6, 6.07) is 6.75. The Morgan fingerprint density at radius 1 is 1.44 bits per heavy atom. The Hall–Kier alpha value is -1.88. The molecule has 1 aromatic carbocycles. The second kappa shape index (κ2) is 5.18. The van der Waals surface area contributed by atoms with E-state index in [1.807, 2.05) is 0 Å². The third kappa shape index (κ3) is 3.30. The molecule has 1 N–H and O–H groups in total.